The molecule has 0 unspecified atom stereocenters. The topological polar surface area (TPSA) is 76.5 Å². The van der Waals surface area contributed by atoms with Crippen LogP contribution in [0.4, 0.5) is 0 Å². The van der Waals surface area contributed by atoms with E-state index < -0.39 is 0 Å². The van der Waals surface area contributed by atoms with E-state index in [0.717, 1.165) is 0 Å². The summed E-state index contributed by atoms with van der Waals surface area (Å²) >= 11 is 0. The Labute approximate surface area is 60.9 Å². The minimum Gasteiger partial charge on any atom is -0.287 e. The molecule has 0 aromatic carbocycles. The van der Waals surface area contributed by atoms with Crippen molar-refractivity contribution in [2.75, 3.05) is 0 Å². The van der Waals surface area contributed by atoms with Gasteiger partial charge in [0.25, 0.3) is 0 Å². The van der Waals surface area contributed by atoms with Crippen LogP contribution in [0.15, 0.2) is 11.1 Å². The first-order valence-electron chi connectivity index (χ1n) is 3.01. The molecule has 0 spiro atoms. The maximum atomic E-state index is 10.9. The average Bonchev–Trinajstić information content (AvgIpc) is 2.30. The van der Waals surface area contributed by atoms with Crippen LogP contribution in [0.5, 0.6) is 0 Å². The van der Waals surface area contributed by atoms with Gasteiger partial charge in [0.15, 0.2) is 11.3 Å². The molecule has 2 aromatic heterocycles. The fourth-order valence-corrected chi connectivity index (χ4v) is 0.878. The zero-order valence-corrected chi connectivity index (χ0v) is 5.77. The molecule has 11 heavy (non-hydrogen) atoms. The van der Waals surface area contributed by atoms with Crippen LogP contribution in [-0.4, -0.2) is 24.7 Å². The van der Waals surface area contributed by atoms with Crippen LogP contribution < -0.4 is 5.69 Å². The lowest BCUT2D eigenvalue weighted by molar-refractivity contribution is 0.875. The quantitative estimate of drug-likeness (QED) is 0.526. The van der Waals surface area contributed by atoms with Crippen molar-refractivity contribution in [2.24, 2.45) is 7.05 Å². The number of H-pyrrole nitrogens is 1. The van der Waals surface area contributed by atoms with E-state index in [9.17, 15) is 4.79 Å². The summed E-state index contributed by atoms with van der Waals surface area (Å²) in [7, 11) is 1.62. The predicted octanol–water partition coefficient (Wildman–Crippen LogP) is -0.948. The van der Waals surface area contributed by atoms with Crippen LogP contribution in [0.25, 0.3) is 11.3 Å². The molecular formula is C5H5N5O. The van der Waals surface area contributed by atoms with Crippen molar-refractivity contribution in [3.8, 4) is 0 Å². The van der Waals surface area contributed by atoms with Gasteiger partial charge in [0.1, 0.15) is 6.33 Å². The molecule has 0 bridgehead atoms. The maximum Gasteiger partial charge on any atom is 0.328 e. The molecule has 56 valence electrons. The maximum absolute atomic E-state index is 10.9. The molecule has 0 aliphatic carbocycles. The second kappa shape index (κ2) is 1.88. The van der Waals surface area contributed by atoms with Gasteiger partial charge in [-0.15, -0.1) is 10.2 Å². The molecule has 0 atom stereocenters. The number of imidazole rings is 1. The van der Waals surface area contributed by atoms with E-state index in [0.29, 0.717) is 11.3 Å². The second-order valence-corrected chi connectivity index (χ2v) is 2.12. The monoisotopic (exact) mass is 151 g/mol. The van der Waals surface area contributed by atoms with Crippen LogP contribution in [0.2, 0.25) is 0 Å². The molecule has 2 aromatic rings. The first kappa shape index (κ1) is 6.02. The van der Waals surface area contributed by atoms with E-state index in [-0.39, 0.29) is 5.69 Å². The Hall–Kier alpha value is -1.72. The Kier molecular flexibility index (Phi) is 1.03. The molecule has 0 amide bonds. The predicted molar refractivity (Wildman–Crippen MR) is 36.9 cm³/mol. The third-order valence-corrected chi connectivity index (χ3v) is 1.45. The fraction of sp³-hybridized carbons (Fsp3) is 0.200. The van der Waals surface area contributed by atoms with Crippen molar-refractivity contribution in [2.45, 2.75) is 0 Å². The van der Waals surface area contributed by atoms with Crippen molar-refractivity contribution in [3.63, 3.8) is 0 Å². The van der Waals surface area contributed by atoms with Crippen molar-refractivity contribution >= 4 is 11.3 Å². The van der Waals surface area contributed by atoms with Crippen LogP contribution in [0.1, 0.15) is 0 Å². The number of aromatic amines is 1. The molecule has 2 heterocycles. The van der Waals surface area contributed by atoms with E-state index >= 15 is 0 Å². The van der Waals surface area contributed by atoms with Crippen molar-refractivity contribution < 1.29 is 0 Å². The largest absolute Gasteiger partial charge is 0.328 e. The molecule has 6 nitrogen and oxygen atoms in total. The van der Waals surface area contributed by atoms with E-state index in [1.54, 1.807) is 7.05 Å². The summed E-state index contributed by atoms with van der Waals surface area (Å²) in [4.78, 5) is 17.3. The van der Waals surface area contributed by atoms with Crippen LogP contribution in [0.3, 0.4) is 0 Å². The van der Waals surface area contributed by atoms with Crippen LogP contribution in [0, 0.1) is 0 Å². The van der Waals surface area contributed by atoms with Gasteiger partial charge in [-0.3, -0.25) is 9.55 Å². The first-order chi connectivity index (χ1) is 5.29. The van der Waals surface area contributed by atoms with Gasteiger partial charge in [0.05, 0.1) is 0 Å². The fourth-order valence-electron chi connectivity index (χ4n) is 0.878. The minimum atomic E-state index is -0.229. The summed E-state index contributed by atoms with van der Waals surface area (Å²) in [5.74, 6) is 0. The number of rotatable bonds is 0. The highest BCUT2D eigenvalue weighted by Gasteiger charge is 2.02. The number of hydrogen-bond donors (Lipinski definition) is 1. The molecule has 0 aliphatic rings. The lowest BCUT2D eigenvalue weighted by Crippen LogP contribution is -2.12. The van der Waals surface area contributed by atoms with Gasteiger partial charge >= 0.3 is 5.69 Å². The van der Waals surface area contributed by atoms with Gasteiger partial charge in [-0.25, -0.2) is 9.78 Å². The summed E-state index contributed by atoms with van der Waals surface area (Å²) in [5, 5.41) is 7.20. The summed E-state index contributed by atoms with van der Waals surface area (Å²) < 4.78 is 1.38. The number of nitrogens with zero attached hydrogens (tertiary/aromatic N) is 4. The van der Waals surface area contributed by atoms with Crippen molar-refractivity contribution in [3.05, 3.63) is 16.8 Å². The Bertz CT molecular complexity index is 441. The van der Waals surface area contributed by atoms with Gasteiger partial charge in [-0.2, -0.15) is 0 Å². The van der Waals surface area contributed by atoms with Crippen LogP contribution >= 0.6 is 0 Å². The molecule has 0 saturated heterocycles. The normalized spacial score (nSPS) is 10.6. The van der Waals surface area contributed by atoms with Gasteiger partial charge in [0, 0.05) is 7.05 Å². The summed E-state index contributed by atoms with van der Waals surface area (Å²) in [6.07, 6.45) is 1.30. The average molecular weight is 151 g/mol. The van der Waals surface area contributed by atoms with E-state index in [1.165, 1.54) is 10.9 Å². The number of aromatic nitrogens is 5. The van der Waals surface area contributed by atoms with Gasteiger partial charge in [-0.05, 0) is 0 Å². The molecule has 0 aliphatic heterocycles. The molecule has 2 rings (SSSR count). The van der Waals surface area contributed by atoms with Gasteiger partial charge in [-0.1, -0.05) is 0 Å². The van der Waals surface area contributed by atoms with Crippen molar-refractivity contribution in [1.29, 1.82) is 0 Å². The number of hydrogen-bond acceptors (Lipinski definition) is 4. The SMILES string of the molecule is Cn1c(=O)[nH]c2nncnc21. The Morgan fingerprint density at radius 3 is 3.18 bits per heavy atom. The van der Waals surface area contributed by atoms with Gasteiger partial charge in [0.2, 0.25) is 0 Å². The lowest BCUT2D eigenvalue weighted by atomic mass is 10.7. The van der Waals surface area contributed by atoms with E-state index in [1.807, 2.05) is 0 Å². The third-order valence-electron chi connectivity index (χ3n) is 1.45. The lowest BCUT2D eigenvalue weighted by Gasteiger charge is -1.86. The summed E-state index contributed by atoms with van der Waals surface area (Å²) in [6.45, 7) is 0. The first-order valence-corrected chi connectivity index (χ1v) is 3.01. The summed E-state index contributed by atoms with van der Waals surface area (Å²) in [6, 6.07) is 0. The Morgan fingerprint density at radius 1 is 1.64 bits per heavy atom. The van der Waals surface area contributed by atoms with Crippen LogP contribution in [-0.2, 0) is 7.05 Å². The zero-order chi connectivity index (χ0) is 7.84. The number of fused-ring (bicyclic) bond motifs is 1. The molecule has 6 heteroatoms. The number of aryl methyl sites for hydroxylation is 1. The molecule has 0 radical (unpaired) electrons. The summed E-state index contributed by atoms with van der Waals surface area (Å²) in [5.41, 5.74) is 0.706. The standard InChI is InChI=1S/C5H5N5O/c1-10-4-3(8-5(10)11)9-7-2-6-4/h2H,1H3,(H,8,9,11). The minimum absolute atomic E-state index is 0.229. The second-order valence-electron chi connectivity index (χ2n) is 2.12. The highest BCUT2D eigenvalue weighted by Crippen LogP contribution is 1.96. The highest BCUT2D eigenvalue weighted by molar-refractivity contribution is 5.63. The van der Waals surface area contributed by atoms with Crippen molar-refractivity contribution in [1.82, 2.24) is 24.7 Å². The molecule has 1 N–H and O–H groups in total. The van der Waals surface area contributed by atoms with Gasteiger partial charge < -0.3 is 0 Å². The smallest absolute Gasteiger partial charge is 0.287 e. The molecule has 0 fully saturated rings. The zero-order valence-electron chi connectivity index (χ0n) is 5.77. The Morgan fingerprint density at radius 2 is 2.45 bits per heavy atom. The highest BCUT2D eigenvalue weighted by atomic mass is 16.1. The Balaban J connectivity index is 3.04. The third kappa shape index (κ3) is 0.721. The van der Waals surface area contributed by atoms with E-state index in [2.05, 4.69) is 20.2 Å². The molecule has 0 saturated carbocycles. The van der Waals surface area contributed by atoms with E-state index in [4.69, 9.17) is 0 Å². The number of nitrogens with one attached hydrogen (secondary N) is 1. The molecular weight excluding hydrogens is 146 g/mol.